The van der Waals surface area contributed by atoms with Crippen molar-refractivity contribution >= 4 is 5.69 Å². The van der Waals surface area contributed by atoms with Gasteiger partial charge < -0.3 is 9.64 Å². The van der Waals surface area contributed by atoms with E-state index in [1.807, 2.05) is 24.8 Å². The molecule has 0 N–H and O–H groups in total. The van der Waals surface area contributed by atoms with Crippen LogP contribution in [0, 0.1) is 41.5 Å². The minimum atomic E-state index is 0.425. The molecule has 0 bridgehead atoms. The molecule has 0 amide bonds. The largest absolute Gasteiger partial charge is 0.494 e. The van der Waals surface area contributed by atoms with Gasteiger partial charge in [0, 0.05) is 73.8 Å². The Bertz CT molecular complexity index is 1860. The molecule has 1 aliphatic rings. The molecular formula is C45H54N4O. The Labute approximate surface area is 300 Å². The van der Waals surface area contributed by atoms with Crippen molar-refractivity contribution in [2.45, 2.75) is 93.3 Å². The number of unbranched alkanes of at least 4 members (excludes halogenated alkanes) is 1. The number of aromatic nitrogens is 2. The van der Waals surface area contributed by atoms with E-state index in [-0.39, 0.29) is 0 Å². The summed E-state index contributed by atoms with van der Waals surface area (Å²) in [6.45, 7) is 20.0. The van der Waals surface area contributed by atoms with Crippen LogP contribution in [0.4, 0.5) is 5.69 Å². The molecule has 1 aliphatic heterocycles. The summed E-state index contributed by atoms with van der Waals surface area (Å²) < 4.78 is 6.02. The number of likely N-dealkylation sites (tertiary alicyclic amines) is 1. The zero-order chi connectivity index (χ0) is 35.2. The van der Waals surface area contributed by atoms with Crippen LogP contribution in [0.3, 0.4) is 0 Å². The second-order valence-corrected chi connectivity index (χ2v) is 14.5. The Hall–Kier alpha value is -4.48. The van der Waals surface area contributed by atoms with Gasteiger partial charge in [-0.05, 0) is 153 Å². The molecule has 6 rings (SSSR count). The topological polar surface area (TPSA) is 41.5 Å². The zero-order valence-corrected chi connectivity index (χ0v) is 31.2. The third-order valence-electron chi connectivity index (χ3n) is 10.8. The second-order valence-electron chi connectivity index (χ2n) is 14.5. The van der Waals surface area contributed by atoms with Gasteiger partial charge in [-0.15, -0.1) is 0 Å². The van der Waals surface area contributed by atoms with Crippen LogP contribution in [0.25, 0.3) is 22.3 Å². The van der Waals surface area contributed by atoms with E-state index in [0.717, 1.165) is 64.2 Å². The van der Waals surface area contributed by atoms with Gasteiger partial charge in [0.1, 0.15) is 5.75 Å². The number of pyridine rings is 2. The smallest absolute Gasteiger partial charge is 0.119 e. The third-order valence-corrected chi connectivity index (χ3v) is 10.8. The number of aryl methyl sites for hydroxylation is 4. The molecule has 5 heteroatoms. The van der Waals surface area contributed by atoms with Crippen molar-refractivity contribution in [3.63, 3.8) is 0 Å². The van der Waals surface area contributed by atoms with Crippen LogP contribution < -0.4 is 9.64 Å². The lowest BCUT2D eigenvalue weighted by atomic mass is 9.96. The number of hydrogen-bond acceptors (Lipinski definition) is 5. The highest BCUT2D eigenvalue weighted by molar-refractivity contribution is 5.67. The maximum Gasteiger partial charge on any atom is 0.119 e. The lowest BCUT2D eigenvalue weighted by Gasteiger charge is -2.40. The summed E-state index contributed by atoms with van der Waals surface area (Å²) in [6.07, 6.45) is 12.5. The number of piperidine rings is 1. The van der Waals surface area contributed by atoms with Gasteiger partial charge >= 0.3 is 0 Å². The minimum absolute atomic E-state index is 0.425. The molecule has 5 nitrogen and oxygen atoms in total. The maximum absolute atomic E-state index is 6.02. The standard InChI is InChI=1S/C45H54N4O/c1-8-9-18-50-45-12-10-43(11-13-45)49(30-38-24-42(28-47-26-38)40-21-33(4)36(7)34(5)22-40)44-14-16-48(17-15-44)29-37-23-41(27-46-25-37)39-19-31(2)35(6)32(3)20-39/h10-13,19-28,44H,8-9,14-18,29-30H2,1-7H3. The Morgan fingerprint density at radius 2 is 1.18 bits per heavy atom. The first-order valence-corrected chi connectivity index (χ1v) is 18.4. The van der Waals surface area contributed by atoms with Crippen LogP contribution in [0.5, 0.6) is 5.75 Å². The molecule has 0 unspecified atom stereocenters. The minimum Gasteiger partial charge on any atom is -0.494 e. The average Bonchev–Trinajstić information content (AvgIpc) is 3.12. The summed E-state index contributed by atoms with van der Waals surface area (Å²) in [7, 11) is 0. The lowest BCUT2D eigenvalue weighted by Crippen LogP contribution is -2.44. The van der Waals surface area contributed by atoms with E-state index in [9.17, 15) is 0 Å². The monoisotopic (exact) mass is 666 g/mol. The molecule has 0 radical (unpaired) electrons. The molecule has 1 saturated heterocycles. The molecule has 3 heterocycles. The highest BCUT2D eigenvalue weighted by Gasteiger charge is 2.26. The Morgan fingerprint density at radius 3 is 1.72 bits per heavy atom. The Kier molecular flexibility index (Phi) is 11.3. The predicted molar refractivity (Wildman–Crippen MR) is 209 cm³/mol. The van der Waals surface area contributed by atoms with Crippen LogP contribution in [0.2, 0.25) is 0 Å². The molecular weight excluding hydrogens is 613 g/mol. The number of benzene rings is 3. The van der Waals surface area contributed by atoms with Gasteiger partial charge in [0.05, 0.1) is 6.61 Å². The van der Waals surface area contributed by atoms with Gasteiger partial charge in [-0.25, -0.2) is 0 Å². The number of anilines is 1. The fourth-order valence-electron chi connectivity index (χ4n) is 7.21. The molecule has 2 aromatic heterocycles. The van der Waals surface area contributed by atoms with Gasteiger partial charge in [0.25, 0.3) is 0 Å². The first-order chi connectivity index (χ1) is 24.2. The van der Waals surface area contributed by atoms with Gasteiger partial charge in [-0.3, -0.25) is 14.9 Å². The molecule has 3 aromatic carbocycles. The highest BCUT2D eigenvalue weighted by Crippen LogP contribution is 2.31. The molecule has 0 spiro atoms. The summed E-state index contributed by atoms with van der Waals surface area (Å²) in [5, 5.41) is 0. The van der Waals surface area contributed by atoms with Crippen molar-refractivity contribution in [2.75, 3.05) is 24.6 Å². The van der Waals surface area contributed by atoms with Gasteiger partial charge in [-0.2, -0.15) is 0 Å². The van der Waals surface area contributed by atoms with E-state index >= 15 is 0 Å². The van der Waals surface area contributed by atoms with Gasteiger partial charge in [0.15, 0.2) is 0 Å². The summed E-state index contributed by atoms with van der Waals surface area (Å²) in [6, 6.07) is 23.0. The molecule has 50 heavy (non-hydrogen) atoms. The fraction of sp³-hybridized carbons (Fsp3) is 0.378. The van der Waals surface area contributed by atoms with Crippen molar-refractivity contribution in [3.8, 4) is 28.0 Å². The zero-order valence-electron chi connectivity index (χ0n) is 31.2. The van der Waals surface area contributed by atoms with Crippen molar-refractivity contribution < 1.29 is 4.74 Å². The van der Waals surface area contributed by atoms with Crippen molar-refractivity contribution in [1.82, 2.24) is 14.9 Å². The second kappa shape index (κ2) is 16.0. The van der Waals surface area contributed by atoms with E-state index in [1.54, 1.807) is 0 Å². The maximum atomic E-state index is 6.02. The SMILES string of the molecule is CCCCOc1ccc(N(Cc2cncc(-c3cc(C)c(C)c(C)c3)c2)C2CCN(Cc3cncc(-c4cc(C)c(C)c(C)c4)c3)CC2)cc1. The first kappa shape index (κ1) is 35.3. The lowest BCUT2D eigenvalue weighted by molar-refractivity contribution is 0.200. The van der Waals surface area contributed by atoms with E-state index in [2.05, 4.69) is 124 Å². The molecule has 1 fully saturated rings. The summed E-state index contributed by atoms with van der Waals surface area (Å²) in [5.41, 5.74) is 16.6. The van der Waals surface area contributed by atoms with Crippen LogP contribution in [0.15, 0.2) is 85.5 Å². The molecule has 260 valence electrons. The fourth-order valence-corrected chi connectivity index (χ4v) is 7.21. The van der Waals surface area contributed by atoms with Crippen LogP contribution in [-0.4, -0.2) is 40.6 Å². The van der Waals surface area contributed by atoms with Crippen molar-refractivity contribution in [1.29, 1.82) is 0 Å². The summed E-state index contributed by atoms with van der Waals surface area (Å²) >= 11 is 0. The molecule has 0 atom stereocenters. The molecule has 0 saturated carbocycles. The normalized spacial score (nSPS) is 13.8. The number of nitrogens with zero attached hydrogens (tertiary/aromatic N) is 4. The highest BCUT2D eigenvalue weighted by atomic mass is 16.5. The summed E-state index contributed by atoms with van der Waals surface area (Å²) in [4.78, 5) is 14.6. The number of ether oxygens (including phenoxy) is 1. The Morgan fingerprint density at radius 1 is 0.660 bits per heavy atom. The van der Waals surface area contributed by atoms with E-state index < -0.39 is 0 Å². The quantitative estimate of drug-likeness (QED) is 0.124. The van der Waals surface area contributed by atoms with Gasteiger partial charge in [-0.1, -0.05) is 37.6 Å². The van der Waals surface area contributed by atoms with Crippen molar-refractivity contribution in [2.24, 2.45) is 0 Å². The number of rotatable bonds is 12. The number of hydrogen-bond donors (Lipinski definition) is 0. The van der Waals surface area contributed by atoms with Crippen LogP contribution >= 0.6 is 0 Å². The van der Waals surface area contributed by atoms with E-state index in [1.165, 1.54) is 72.4 Å². The van der Waals surface area contributed by atoms with Crippen LogP contribution in [0.1, 0.15) is 77.1 Å². The Balaban J connectivity index is 1.19. The van der Waals surface area contributed by atoms with E-state index in [4.69, 9.17) is 9.72 Å². The third kappa shape index (κ3) is 8.45. The summed E-state index contributed by atoms with van der Waals surface area (Å²) in [5.74, 6) is 0.942. The first-order valence-electron chi connectivity index (χ1n) is 18.4. The van der Waals surface area contributed by atoms with E-state index in [0.29, 0.717) is 6.04 Å². The van der Waals surface area contributed by atoms with Crippen LogP contribution in [-0.2, 0) is 13.1 Å². The average molecular weight is 667 g/mol. The predicted octanol–water partition coefficient (Wildman–Crippen LogP) is 10.5. The molecule has 5 aromatic rings. The van der Waals surface area contributed by atoms with Gasteiger partial charge in [0.2, 0.25) is 0 Å². The van der Waals surface area contributed by atoms with Crippen molar-refractivity contribution in [3.05, 3.63) is 130 Å². The molecule has 0 aliphatic carbocycles.